The summed E-state index contributed by atoms with van der Waals surface area (Å²) >= 11 is 1.46. The van der Waals surface area contributed by atoms with Crippen LogP contribution in [0.1, 0.15) is 46.4 Å². The first-order valence-corrected chi connectivity index (χ1v) is 14.2. The van der Waals surface area contributed by atoms with E-state index < -0.39 is 10.0 Å². The summed E-state index contributed by atoms with van der Waals surface area (Å²) in [4.78, 5) is 31.8. The number of nitrogens with zero attached hydrogens (tertiary/aromatic N) is 3. The van der Waals surface area contributed by atoms with Crippen molar-refractivity contribution in [2.75, 3.05) is 39.0 Å². The summed E-state index contributed by atoms with van der Waals surface area (Å²) in [6.45, 7) is 2.92. The minimum Gasteiger partial charge on any atom is -0.352 e. The van der Waals surface area contributed by atoms with E-state index in [9.17, 15) is 18.0 Å². The lowest BCUT2D eigenvalue weighted by atomic mass is 9.96. The van der Waals surface area contributed by atoms with Crippen LogP contribution in [-0.4, -0.2) is 73.4 Å². The smallest absolute Gasteiger partial charge is 0.256 e. The molecule has 1 aromatic heterocycles. The van der Waals surface area contributed by atoms with Gasteiger partial charge < -0.3 is 10.2 Å². The van der Waals surface area contributed by atoms with Gasteiger partial charge in [0.25, 0.3) is 11.8 Å². The lowest BCUT2D eigenvalue weighted by Gasteiger charge is -2.32. The number of rotatable bonds is 7. The number of aromatic nitrogens is 1. The van der Waals surface area contributed by atoms with E-state index >= 15 is 0 Å². The highest BCUT2D eigenvalue weighted by Gasteiger charge is 2.28. The molecule has 1 N–H and O–H groups in total. The van der Waals surface area contributed by atoms with Crippen molar-refractivity contribution in [2.45, 2.75) is 35.6 Å². The maximum absolute atomic E-state index is 12.9. The van der Waals surface area contributed by atoms with Gasteiger partial charge in [-0.3, -0.25) is 9.59 Å². The molecule has 2 aliphatic heterocycles. The lowest BCUT2D eigenvalue weighted by Crippen LogP contribution is -2.41. The van der Waals surface area contributed by atoms with E-state index in [1.807, 2.05) is 17.2 Å². The van der Waals surface area contributed by atoms with Gasteiger partial charge in [0.05, 0.1) is 10.5 Å². The standard InChI is InChI=1S/C24H30N4O4S2/c1-33-23-21(5-4-12-25-23)24(30)27-15-10-18(11-16-27)17-26-22(29)19-6-8-20(9-7-19)34(31,32)28-13-2-3-14-28/h4-9,12,18H,2-3,10-11,13-17H2,1H3,(H,26,29). The minimum absolute atomic E-state index is 0.00362. The number of sulfonamides is 1. The molecule has 2 amide bonds. The van der Waals surface area contributed by atoms with Gasteiger partial charge in [0, 0.05) is 44.5 Å². The first kappa shape index (κ1) is 24.7. The Balaban J connectivity index is 1.27. The highest BCUT2D eigenvalue weighted by atomic mass is 32.2. The van der Waals surface area contributed by atoms with E-state index in [1.54, 1.807) is 24.4 Å². The number of benzene rings is 1. The van der Waals surface area contributed by atoms with Crippen LogP contribution in [0.2, 0.25) is 0 Å². The van der Waals surface area contributed by atoms with E-state index in [1.165, 1.54) is 28.2 Å². The molecule has 2 aliphatic rings. The normalized spacial score (nSPS) is 17.6. The maximum Gasteiger partial charge on any atom is 0.256 e. The van der Waals surface area contributed by atoms with Gasteiger partial charge in [0.2, 0.25) is 10.0 Å². The van der Waals surface area contributed by atoms with Crippen molar-refractivity contribution in [3.63, 3.8) is 0 Å². The molecule has 34 heavy (non-hydrogen) atoms. The molecule has 4 rings (SSSR count). The zero-order valence-electron chi connectivity index (χ0n) is 19.3. The number of carbonyl (C=O) groups excluding carboxylic acids is 2. The van der Waals surface area contributed by atoms with Gasteiger partial charge in [-0.1, -0.05) is 0 Å². The predicted molar refractivity (Wildman–Crippen MR) is 131 cm³/mol. The summed E-state index contributed by atoms with van der Waals surface area (Å²) in [7, 11) is -3.48. The maximum atomic E-state index is 12.9. The third-order valence-corrected chi connectivity index (χ3v) is 9.09. The fourth-order valence-corrected chi connectivity index (χ4v) is 6.48. The summed E-state index contributed by atoms with van der Waals surface area (Å²) in [5.41, 5.74) is 1.08. The number of likely N-dealkylation sites (tertiary alicyclic amines) is 1. The van der Waals surface area contributed by atoms with Crippen LogP contribution < -0.4 is 5.32 Å². The summed E-state index contributed by atoms with van der Waals surface area (Å²) in [6.07, 6.45) is 7.00. The van der Waals surface area contributed by atoms with Gasteiger partial charge in [-0.25, -0.2) is 13.4 Å². The quantitative estimate of drug-likeness (QED) is 0.585. The molecule has 0 spiro atoms. The Labute approximate surface area is 205 Å². The predicted octanol–water partition coefficient (Wildman–Crippen LogP) is 2.87. The fraction of sp³-hybridized carbons (Fsp3) is 0.458. The third kappa shape index (κ3) is 5.45. The Morgan fingerprint density at radius 1 is 1.06 bits per heavy atom. The largest absolute Gasteiger partial charge is 0.352 e. The average Bonchev–Trinajstić information content (AvgIpc) is 3.43. The van der Waals surface area contributed by atoms with Crippen LogP contribution >= 0.6 is 11.8 Å². The van der Waals surface area contributed by atoms with E-state index in [0.29, 0.717) is 43.9 Å². The second-order valence-electron chi connectivity index (χ2n) is 8.64. The molecule has 0 unspecified atom stereocenters. The average molecular weight is 503 g/mol. The molecule has 0 atom stereocenters. The van der Waals surface area contributed by atoms with Gasteiger partial charge in [0.1, 0.15) is 5.03 Å². The first-order chi connectivity index (χ1) is 16.4. The topological polar surface area (TPSA) is 99.7 Å². The third-order valence-electron chi connectivity index (χ3n) is 6.47. The van der Waals surface area contributed by atoms with Gasteiger partial charge in [-0.05, 0) is 74.3 Å². The molecular weight excluding hydrogens is 472 g/mol. The van der Waals surface area contributed by atoms with Crippen LogP contribution in [0.5, 0.6) is 0 Å². The van der Waals surface area contributed by atoms with Gasteiger partial charge in [-0.15, -0.1) is 11.8 Å². The molecule has 3 heterocycles. The lowest BCUT2D eigenvalue weighted by molar-refractivity contribution is 0.0680. The Morgan fingerprint density at radius 3 is 2.38 bits per heavy atom. The Kier molecular flexibility index (Phi) is 7.90. The number of hydrogen-bond acceptors (Lipinski definition) is 6. The SMILES string of the molecule is CSc1ncccc1C(=O)N1CCC(CNC(=O)c2ccc(S(=O)(=O)N3CCCC3)cc2)CC1. The number of amides is 2. The molecule has 10 heteroatoms. The molecule has 8 nitrogen and oxygen atoms in total. The van der Waals surface area contributed by atoms with Crippen molar-refractivity contribution >= 4 is 33.6 Å². The molecule has 0 radical (unpaired) electrons. The highest BCUT2D eigenvalue weighted by Crippen LogP contribution is 2.23. The Hall–Kier alpha value is -2.43. The molecular formula is C24H30N4O4S2. The van der Waals surface area contributed by atoms with Crippen molar-refractivity contribution in [3.05, 3.63) is 53.7 Å². The Morgan fingerprint density at radius 2 is 1.74 bits per heavy atom. The summed E-state index contributed by atoms with van der Waals surface area (Å²) in [5.74, 6) is 0.0734. The van der Waals surface area contributed by atoms with Crippen LogP contribution in [0, 0.1) is 5.92 Å². The number of thioether (sulfide) groups is 1. The van der Waals surface area contributed by atoms with Crippen LogP contribution in [0.3, 0.4) is 0 Å². The van der Waals surface area contributed by atoms with Crippen molar-refractivity contribution in [1.82, 2.24) is 19.5 Å². The molecule has 2 fully saturated rings. The zero-order valence-corrected chi connectivity index (χ0v) is 20.9. The molecule has 0 bridgehead atoms. The molecule has 0 aliphatic carbocycles. The van der Waals surface area contributed by atoms with Gasteiger partial charge in [0.15, 0.2) is 0 Å². The second-order valence-corrected chi connectivity index (χ2v) is 11.4. The summed E-state index contributed by atoms with van der Waals surface area (Å²) in [5, 5.41) is 3.70. The van der Waals surface area contributed by atoms with E-state index in [2.05, 4.69) is 10.3 Å². The molecule has 2 saturated heterocycles. The number of pyridine rings is 1. The van der Waals surface area contributed by atoms with E-state index in [-0.39, 0.29) is 22.6 Å². The van der Waals surface area contributed by atoms with Crippen molar-refractivity contribution in [3.8, 4) is 0 Å². The number of nitrogens with one attached hydrogen (secondary N) is 1. The van der Waals surface area contributed by atoms with E-state index in [4.69, 9.17) is 0 Å². The zero-order chi connectivity index (χ0) is 24.1. The highest BCUT2D eigenvalue weighted by molar-refractivity contribution is 7.98. The number of piperidine rings is 1. The second kappa shape index (κ2) is 10.9. The number of hydrogen-bond donors (Lipinski definition) is 1. The first-order valence-electron chi connectivity index (χ1n) is 11.6. The number of carbonyl (C=O) groups is 2. The minimum atomic E-state index is -3.48. The molecule has 0 saturated carbocycles. The monoisotopic (exact) mass is 502 g/mol. The molecule has 182 valence electrons. The summed E-state index contributed by atoms with van der Waals surface area (Å²) < 4.78 is 26.8. The van der Waals surface area contributed by atoms with Crippen molar-refractivity contribution in [2.24, 2.45) is 5.92 Å². The van der Waals surface area contributed by atoms with Gasteiger partial charge in [-0.2, -0.15) is 4.31 Å². The van der Waals surface area contributed by atoms with Crippen LogP contribution in [0.25, 0.3) is 0 Å². The fourth-order valence-electron chi connectivity index (χ4n) is 4.42. The van der Waals surface area contributed by atoms with Crippen LogP contribution in [0.4, 0.5) is 0 Å². The summed E-state index contributed by atoms with van der Waals surface area (Å²) in [6, 6.07) is 9.74. The van der Waals surface area contributed by atoms with Crippen LogP contribution in [-0.2, 0) is 10.0 Å². The Bertz CT molecular complexity index is 1120. The molecule has 2 aromatic rings. The van der Waals surface area contributed by atoms with Crippen molar-refractivity contribution < 1.29 is 18.0 Å². The van der Waals surface area contributed by atoms with E-state index in [0.717, 1.165) is 30.7 Å². The van der Waals surface area contributed by atoms with Crippen LogP contribution in [0.15, 0.2) is 52.5 Å². The molecule has 1 aromatic carbocycles. The van der Waals surface area contributed by atoms with Crippen molar-refractivity contribution in [1.29, 1.82) is 0 Å². The van der Waals surface area contributed by atoms with Gasteiger partial charge >= 0.3 is 0 Å².